The fourth-order valence-corrected chi connectivity index (χ4v) is 3.00. The van der Waals surface area contributed by atoms with Gasteiger partial charge in [0.25, 0.3) is 0 Å². The molecule has 1 fully saturated rings. The van der Waals surface area contributed by atoms with Crippen molar-refractivity contribution in [3.05, 3.63) is 28.2 Å². The molecule has 0 radical (unpaired) electrons. The first-order chi connectivity index (χ1) is 8.64. The smallest absolute Gasteiger partial charge is 0.139 e. The Labute approximate surface area is 113 Å². The number of hydrogen-bond donors (Lipinski definition) is 2. The number of nitrogens with one attached hydrogen (secondary N) is 2. The number of fused-ring (bicyclic) bond motifs is 1. The molecule has 0 spiro atoms. The van der Waals surface area contributed by atoms with E-state index in [1.54, 1.807) is 6.07 Å². The van der Waals surface area contributed by atoms with Gasteiger partial charge in [-0.3, -0.25) is 0 Å². The molecule has 1 aromatic carbocycles. The minimum Gasteiger partial charge on any atom is -0.341 e. The van der Waals surface area contributed by atoms with Crippen LogP contribution in [-0.4, -0.2) is 23.1 Å². The first-order valence-corrected chi connectivity index (χ1v) is 7.00. The lowest BCUT2D eigenvalue weighted by atomic mass is 9.83. The molecule has 0 bridgehead atoms. The number of aromatic amines is 1. The molecule has 2 heterocycles. The molecular weight excluding hydrogens is 297 g/mol. The zero-order chi connectivity index (χ0) is 12.8. The van der Waals surface area contributed by atoms with E-state index in [1.807, 2.05) is 0 Å². The summed E-state index contributed by atoms with van der Waals surface area (Å²) in [5, 5.41) is 3.39. The van der Waals surface area contributed by atoms with E-state index in [4.69, 9.17) is 0 Å². The van der Waals surface area contributed by atoms with Crippen molar-refractivity contribution in [2.75, 3.05) is 13.1 Å². The Morgan fingerprint density at radius 3 is 3.00 bits per heavy atom. The van der Waals surface area contributed by atoms with Crippen molar-refractivity contribution in [1.29, 1.82) is 0 Å². The quantitative estimate of drug-likeness (QED) is 0.894. The van der Waals surface area contributed by atoms with Crippen LogP contribution in [0.2, 0.25) is 0 Å². The summed E-state index contributed by atoms with van der Waals surface area (Å²) < 4.78 is 14.0. The SMILES string of the molecule is CCC1(c2nc3cc(Br)c(F)cc3[nH]2)CCNC1. The second kappa shape index (κ2) is 4.31. The minimum atomic E-state index is -0.257. The average Bonchev–Trinajstić information content (AvgIpc) is 2.96. The third kappa shape index (κ3) is 1.77. The monoisotopic (exact) mass is 311 g/mol. The van der Waals surface area contributed by atoms with Gasteiger partial charge in [0.05, 0.1) is 15.5 Å². The lowest BCUT2D eigenvalue weighted by Gasteiger charge is -2.23. The van der Waals surface area contributed by atoms with E-state index < -0.39 is 0 Å². The molecule has 2 aromatic rings. The number of hydrogen-bond acceptors (Lipinski definition) is 2. The molecule has 1 saturated heterocycles. The van der Waals surface area contributed by atoms with Gasteiger partial charge < -0.3 is 10.3 Å². The molecule has 5 heteroatoms. The highest BCUT2D eigenvalue weighted by molar-refractivity contribution is 9.10. The molecule has 0 aliphatic carbocycles. The van der Waals surface area contributed by atoms with E-state index in [9.17, 15) is 4.39 Å². The second-order valence-electron chi connectivity index (χ2n) is 4.93. The van der Waals surface area contributed by atoms with Crippen LogP contribution in [-0.2, 0) is 5.41 Å². The van der Waals surface area contributed by atoms with Gasteiger partial charge in [-0.15, -0.1) is 0 Å². The summed E-state index contributed by atoms with van der Waals surface area (Å²) in [7, 11) is 0. The van der Waals surface area contributed by atoms with Crippen LogP contribution in [0.25, 0.3) is 11.0 Å². The zero-order valence-electron chi connectivity index (χ0n) is 10.2. The largest absolute Gasteiger partial charge is 0.341 e. The predicted molar refractivity (Wildman–Crippen MR) is 73.2 cm³/mol. The molecule has 2 N–H and O–H groups in total. The van der Waals surface area contributed by atoms with Crippen molar-refractivity contribution in [2.45, 2.75) is 25.2 Å². The molecule has 1 aliphatic rings. The molecule has 1 aliphatic heterocycles. The highest BCUT2D eigenvalue weighted by atomic mass is 79.9. The molecule has 1 aromatic heterocycles. The summed E-state index contributed by atoms with van der Waals surface area (Å²) in [6.07, 6.45) is 2.11. The van der Waals surface area contributed by atoms with Crippen molar-refractivity contribution >= 4 is 27.0 Å². The van der Waals surface area contributed by atoms with Gasteiger partial charge in [-0.2, -0.15) is 0 Å². The fraction of sp³-hybridized carbons (Fsp3) is 0.462. The van der Waals surface area contributed by atoms with Gasteiger partial charge in [-0.25, -0.2) is 9.37 Å². The Kier molecular flexibility index (Phi) is 2.90. The fourth-order valence-electron chi connectivity index (χ4n) is 2.67. The molecular formula is C13H15BrFN3. The third-order valence-electron chi connectivity index (χ3n) is 3.95. The summed E-state index contributed by atoms with van der Waals surface area (Å²) in [6, 6.07) is 3.23. The first kappa shape index (κ1) is 12.1. The lowest BCUT2D eigenvalue weighted by Crippen LogP contribution is -2.29. The Balaban J connectivity index is 2.13. The van der Waals surface area contributed by atoms with Gasteiger partial charge in [0.2, 0.25) is 0 Å². The highest BCUT2D eigenvalue weighted by Crippen LogP contribution is 2.34. The van der Waals surface area contributed by atoms with Crippen molar-refractivity contribution < 1.29 is 4.39 Å². The molecule has 3 rings (SSSR count). The van der Waals surface area contributed by atoms with E-state index in [-0.39, 0.29) is 11.2 Å². The lowest BCUT2D eigenvalue weighted by molar-refractivity contribution is 0.430. The van der Waals surface area contributed by atoms with Gasteiger partial charge in [0, 0.05) is 18.0 Å². The summed E-state index contributed by atoms with van der Waals surface area (Å²) in [5.74, 6) is 0.718. The molecule has 1 atom stereocenters. The van der Waals surface area contributed by atoms with E-state index in [2.05, 4.69) is 38.1 Å². The van der Waals surface area contributed by atoms with Crippen LogP contribution in [0.15, 0.2) is 16.6 Å². The Morgan fingerprint density at radius 2 is 2.33 bits per heavy atom. The Bertz CT molecular complexity index is 548. The zero-order valence-corrected chi connectivity index (χ0v) is 11.8. The van der Waals surface area contributed by atoms with Crippen LogP contribution in [0.3, 0.4) is 0 Å². The van der Waals surface area contributed by atoms with E-state index in [0.717, 1.165) is 42.8 Å². The van der Waals surface area contributed by atoms with Gasteiger partial charge >= 0.3 is 0 Å². The van der Waals surface area contributed by atoms with Gasteiger partial charge in [-0.1, -0.05) is 6.92 Å². The van der Waals surface area contributed by atoms with Crippen molar-refractivity contribution in [3.63, 3.8) is 0 Å². The van der Waals surface area contributed by atoms with Crippen molar-refractivity contribution in [1.82, 2.24) is 15.3 Å². The highest BCUT2D eigenvalue weighted by Gasteiger charge is 2.36. The second-order valence-corrected chi connectivity index (χ2v) is 5.78. The molecule has 1 unspecified atom stereocenters. The minimum absolute atomic E-state index is 0.0714. The number of aromatic nitrogens is 2. The number of halogens is 2. The summed E-state index contributed by atoms with van der Waals surface area (Å²) in [4.78, 5) is 7.93. The number of rotatable bonds is 2. The number of nitrogens with zero attached hydrogens (tertiary/aromatic N) is 1. The van der Waals surface area contributed by atoms with E-state index >= 15 is 0 Å². The van der Waals surface area contributed by atoms with Gasteiger partial charge in [-0.05, 0) is 41.4 Å². The van der Waals surface area contributed by atoms with Crippen LogP contribution < -0.4 is 5.32 Å². The molecule has 18 heavy (non-hydrogen) atoms. The van der Waals surface area contributed by atoms with Crippen LogP contribution in [0.5, 0.6) is 0 Å². The van der Waals surface area contributed by atoms with Gasteiger partial charge in [0.1, 0.15) is 11.6 Å². The molecule has 0 amide bonds. The van der Waals surface area contributed by atoms with Crippen molar-refractivity contribution in [3.8, 4) is 0 Å². The number of imidazole rings is 1. The third-order valence-corrected chi connectivity index (χ3v) is 4.55. The van der Waals surface area contributed by atoms with E-state index in [0.29, 0.717) is 4.47 Å². The van der Waals surface area contributed by atoms with Crippen LogP contribution >= 0.6 is 15.9 Å². The predicted octanol–water partition coefficient (Wildman–Crippen LogP) is 3.11. The number of H-pyrrole nitrogens is 1. The maximum absolute atomic E-state index is 13.5. The van der Waals surface area contributed by atoms with Gasteiger partial charge in [0.15, 0.2) is 0 Å². The number of benzene rings is 1. The maximum atomic E-state index is 13.5. The molecule has 0 saturated carbocycles. The van der Waals surface area contributed by atoms with Crippen LogP contribution in [0.1, 0.15) is 25.6 Å². The summed E-state index contributed by atoms with van der Waals surface area (Å²) in [6.45, 7) is 4.13. The van der Waals surface area contributed by atoms with Crippen molar-refractivity contribution in [2.24, 2.45) is 0 Å². The summed E-state index contributed by atoms with van der Waals surface area (Å²) in [5.41, 5.74) is 1.66. The Hall–Kier alpha value is -0.940. The molecule has 3 nitrogen and oxygen atoms in total. The molecule has 96 valence electrons. The maximum Gasteiger partial charge on any atom is 0.139 e. The topological polar surface area (TPSA) is 40.7 Å². The average molecular weight is 312 g/mol. The standard InChI is InChI=1S/C13H15BrFN3/c1-2-13(3-4-16-7-13)12-17-10-5-8(14)9(15)6-11(10)18-12/h5-6,16H,2-4,7H2,1H3,(H,17,18). The first-order valence-electron chi connectivity index (χ1n) is 6.20. The van der Waals surface area contributed by atoms with E-state index in [1.165, 1.54) is 6.07 Å². The normalized spacial score (nSPS) is 23.9. The Morgan fingerprint density at radius 1 is 1.50 bits per heavy atom. The van der Waals surface area contributed by atoms with Crippen LogP contribution in [0, 0.1) is 5.82 Å². The summed E-state index contributed by atoms with van der Waals surface area (Å²) >= 11 is 3.20. The van der Waals surface area contributed by atoms with Crippen LogP contribution in [0.4, 0.5) is 4.39 Å².